The highest BCUT2D eigenvalue weighted by Gasteiger charge is 2.27. The summed E-state index contributed by atoms with van der Waals surface area (Å²) in [6.45, 7) is 13.2. The second-order valence-corrected chi connectivity index (χ2v) is 7.96. The molecule has 0 bridgehead atoms. The van der Waals surface area contributed by atoms with Crippen LogP contribution >= 0.6 is 11.3 Å². The molecular formula is C18H31N5OS. The molecule has 6 nitrogen and oxygen atoms in total. The summed E-state index contributed by atoms with van der Waals surface area (Å²) >= 11 is 1.78. The van der Waals surface area contributed by atoms with Gasteiger partial charge in [0.05, 0.1) is 19.8 Å². The summed E-state index contributed by atoms with van der Waals surface area (Å²) in [6.07, 6.45) is 4.28. The van der Waals surface area contributed by atoms with Crippen LogP contribution in [0.25, 0.3) is 0 Å². The normalized spacial score (nSPS) is 22.6. The van der Waals surface area contributed by atoms with Gasteiger partial charge in [-0.3, -0.25) is 4.90 Å². The lowest BCUT2D eigenvalue weighted by Crippen LogP contribution is -2.42. The van der Waals surface area contributed by atoms with Gasteiger partial charge in [0, 0.05) is 50.3 Å². The minimum Gasteiger partial charge on any atom is -0.379 e. The van der Waals surface area contributed by atoms with Crippen LogP contribution in [0.2, 0.25) is 0 Å². The predicted octanol–water partition coefficient (Wildman–Crippen LogP) is 1.83. The van der Waals surface area contributed by atoms with Crippen molar-refractivity contribution in [1.82, 2.24) is 20.1 Å². The number of thiazole rings is 1. The summed E-state index contributed by atoms with van der Waals surface area (Å²) in [6, 6.07) is 0. The highest BCUT2D eigenvalue weighted by atomic mass is 32.1. The number of aryl methyl sites for hydroxylation is 1. The lowest BCUT2D eigenvalue weighted by atomic mass is 10.1. The maximum atomic E-state index is 5.45. The van der Waals surface area contributed by atoms with Gasteiger partial charge in [0.25, 0.3) is 0 Å². The highest BCUT2D eigenvalue weighted by molar-refractivity contribution is 7.11. The first kappa shape index (κ1) is 18.6. The first-order valence-electron chi connectivity index (χ1n) is 9.55. The average Bonchev–Trinajstić information content (AvgIpc) is 3.29. The molecule has 2 aliphatic rings. The van der Waals surface area contributed by atoms with Gasteiger partial charge in [-0.2, -0.15) is 0 Å². The molecule has 0 aliphatic carbocycles. The number of nitrogens with zero attached hydrogens (tertiary/aromatic N) is 4. The number of morpholine rings is 1. The zero-order valence-electron chi connectivity index (χ0n) is 15.5. The van der Waals surface area contributed by atoms with Crippen molar-refractivity contribution in [2.24, 2.45) is 10.9 Å². The summed E-state index contributed by atoms with van der Waals surface area (Å²) in [5.41, 5.74) is 0. The molecule has 0 aromatic carbocycles. The van der Waals surface area contributed by atoms with Crippen LogP contribution in [-0.4, -0.2) is 73.2 Å². The van der Waals surface area contributed by atoms with Crippen molar-refractivity contribution < 1.29 is 4.74 Å². The Bertz CT molecular complexity index is 555. The number of guanidine groups is 1. The van der Waals surface area contributed by atoms with E-state index in [2.05, 4.69) is 33.9 Å². The van der Waals surface area contributed by atoms with Gasteiger partial charge in [-0.05, 0) is 25.7 Å². The van der Waals surface area contributed by atoms with Crippen LogP contribution in [0.1, 0.15) is 30.2 Å². The van der Waals surface area contributed by atoms with Gasteiger partial charge in [0.15, 0.2) is 5.96 Å². The maximum Gasteiger partial charge on any atom is 0.194 e. The molecule has 0 amide bonds. The zero-order valence-corrected chi connectivity index (χ0v) is 16.4. The van der Waals surface area contributed by atoms with Crippen molar-refractivity contribution >= 4 is 17.3 Å². The van der Waals surface area contributed by atoms with Crippen LogP contribution in [0.5, 0.6) is 0 Å². The molecule has 25 heavy (non-hydrogen) atoms. The minimum absolute atomic E-state index is 0.678. The summed E-state index contributed by atoms with van der Waals surface area (Å²) in [4.78, 5) is 15.6. The van der Waals surface area contributed by atoms with E-state index < -0.39 is 0 Å². The van der Waals surface area contributed by atoms with Gasteiger partial charge < -0.3 is 15.0 Å². The number of aromatic nitrogens is 1. The van der Waals surface area contributed by atoms with Gasteiger partial charge in [-0.25, -0.2) is 9.98 Å². The Hall–Kier alpha value is -1.18. The smallest absolute Gasteiger partial charge is 0.194 e. The number of hydrogen-bond acceptors (Lipinski definition) is 5. The largest absolute Gasteiger partial charge is 0.379 e. The third-order valence-corrected chi connectivity index (χ3v) is 5.98. The van der Waals surface area contributed by atoms with Gasteiger partial charge in [-0.15, -0.1) is 11.3 Å². The zero-order chi connectivity index (χ0) is 17.5. The average molecular weight is 366 g/mol. The molecule has 1 atom stereocenters. The van der Waals surface area contributed by atoms with E-state index in [1.807, 2.05) is 6.20 Å². The molecule has 3 rings (SSSR count). The van der Waals surface area contributed by atoms with Crippen molar-refractivity contribution in [2.75, 3.05) is 52.5 Å². The summed E-state index contributed by atoms with van der Waals surface area (Å²) in [5, 5.41) is 4.57. The van der Waals surface area contributed by atoms with Crippen molar-refractivity contribution in [3.63, 3.8) is 0 Å². The van der Waals surface area contributed by atoms with E-state index in [-0.39, 0.29) is 0 Å². The molecular weight excluding hydrogens is 334 g/mol. The molecule has 1 aromatic rings. The molecule has 1 N–H and O–H groups in total. The van der Waals surface area contributed by atoms with Gasteiger partial charge >= 0.3 is 0 Å². The fourth-order valence-corrected chi connectivity index (χ4v) is 4.26. The Morgan fingerprint density at radius 2 is 2.20 bits per heavy atom. The molecule has 7 heteroatoms. The number of aliphatic imine (C=N–C) groups is 1. The third kappa shape index (κ3) is 5.39. The van der Waals surface area contributed by atoms with Crippen LogP contribution in [0, 0.1) is 5.92 Å². The van der Waals surface area contributed by atoms with Crippen LogP contribution in [-0.2, 0) is 17.7 Å². The fourth-order valence-electron chi connectivity index (χ4n) is 3.48. The monoisotopic (exact) mass is 365 g/mol. The molecule has 2 saturated heterocycles. The lowest BCUT2D eigenvalue weighted by molar-refractivity contribution is 0.0315. The number of hydrogen-bond donors (Lipinski definition) is 1. The van der Waals surface area contributed by atoms with Gasteiger partial charge in [0.1, 0.15) is 5.01 Å². The molecule has 0 spiro atoms. The topological polar surface area (TPSA) is 53.0 Å². The van der Waals surface area contributed by atoms with E-state index in [1.165, 1.54) is 17.8 Å². The van der Waals surface area contributed by atoms with Crippen molar-refractivity contribution in [3.05, 3.63) is 16.1 Å². The van der Waals surface area contributed by atoms with E-state index in [0.29, 0.717) is 6.54 Å². The Morgan fingerprint density at radius 1 is 1.36 bits per heavy atom. The highest BCUT2D eigenvalue weighted by Crippen LogP contribution is 2.19. The van der Waals surface area contributed by atoms with Crippen molar-refractivity contribution in [3.8, 4) is 0 Å². The standard InChI is InChI=1S/C18H31N5OS/c1-3-16-11-20-17(25-16)12-21-18(19-4-2)23-6-5-15(14-23)13-22-7-9-24-10-8-22/h11,15H,3-10,12-14H2,1-2H3,(H,19,21). The van der Waals surface area contributed by atoms with Gasteiger partial charge in [0.2, 0.25) is 0 Å². The number of ether oxygens (including phenoxy) is 1. The van der Waals surface area contributed by atoms with E-state index in [0.717, 1.165) is 69.2 Å². The van der Waals surface area contributed by atoms with Gasteiger partial charge in [-0.1, -0.05) is 6.92 Å². The molecule has 140 valence electrons. The predicted molar refractivity (Wildman–Crippen MR) is 103 cm³/mol. The van der Waals surface area contributed by atoms with Crippen molar-refractivity contribution in [2.45, 2.75) is 33.2 Å². The summed E-state index contributed by atoms with van der Waals surface area (Å²) < 4.78 is 5.45. The molecule has 1 aromatic heterocycles. The molecule has 2 aliphatic heterocycles. The Labute approximate surface area is 155 Å². The van der Waals surface area contributed by atoms with Crippen LogP contribution < -0.4 is 5.32 Å². The SMILES string of the molecule is CCNC(=NCc1ncc(CC)s1)N1CCC(CN2CCOCC2)C1. The second-order valence-electron chi connectivity index (χ2n) is 6.76. The Balaban J connectivity index is 1.53. The number of nitrogens with one attached hydrogen (secondary N) is 1. The number of rotatable bonds is 6. The van der Waals surface area contributed by atoms with E-state index in [1.54, 1.807) is 11.3 Å². The van der Waals surface area contributed by atoms with Crippen molar-refractivity contribution in [1.29, 1.82) is 0 Å². The molecule has 3 heterocycles. The summed E-state index contributed by atoms with van der Waals surface area (Å²) in [5.74, 6) is 1.77. The maximum absolute atomic E-state index is 5.45. The minimum atomic E-state index is 0.678. The molecule has 2 fully saturated rings. The van der Waals surface area contributed by atoms with Crippen LogP contribution in [0.4, 0.5) is 0 Å². The fraction of sp³-hybridized carbons (Fsp3) is 0.778. The molecule has 0 radical (unpaired) electrons. The van der Waals surface area contributed by atoms with Crippen LogP contribution in [0.3, 0.4) is 0 Å². The molecule has 0 saturated carbocycles. The Kier molecular flexibility index (Phi) is 7.07. The van der Waals surface area contributed by atoms with Crippen LogP contribution in [0.15, 0.2) is 11.2 Å². The lowest BCUT2D eigenvalue weighted by Gasteiger charge is -2.29. The first-order chi connectivity index (χ1) is 12.3. The van der Waals surface area contributed by atoms with E-state index in [9.17, 15) is 0 Å². The quantitative estimate of drug-likeness (QED) is 0.616. The Morgan fingerprint density at radius 3 is 2.92 bits per heavy atom. The molecule has 1 unspecified atom stereocenters. The van der Waals surface area contributed by atoms with E-state index >= 15 is 0 Å². The second kappa shape index (κ2) is 9.50. The number of likely N-dealkylation sites (tertiary alicyclic amines) is 1. The van der Waals surface area contributed by atoms with E-state index in [4.69, 9.17) is 9.73 Å². The third-order valence-electron chi connectivity index (χ3n) is 4.85. The summed E-state index contributed by atoms with van der Waals surface area (Å²) in [7, 11) is 0. The first-order valence-corrected chi connectivity index (χ1v) is 10.4.